The molecule has 1 saturated heterocycles. The van der Waals surface area contributed by atoms with E-state index in [4.69, 9.17) is 0 Å². The smallest absolute Gasteiger partial charge is 0.123 e. The molecule has 1 spiro atoms. The monoisotopic (exact) mass is 705 g/mol. The Bertz CT molecular complexity index is 2820. The minimum Gasteiger partial charge on any atom is -0.311 e. The number of anilines is 3. The van der Waals surface area contributed by atoms with Gasteiger partial charge in [-0.15, -0.1) is 0 Å². The van der Waals surface area contributed by atoms with Gasteiger partial charge in [0.15, 0.2) is 0 Å². The quantitative estimate of drug-likeness (QED) is 0.130. The van der Waals surface area contributed by atoms with Crippen LogP contribution in [-0.4, -0.2) is 8.07 Å². The van der Waals surface area contributed by atoms with E-state index < -0.39 is 8.07 Å². The summed E-state index contributed by atoms with van der Waals surface area (Å²) in [7, 11) is -1.80. The van der Waals surface area contributed by atoms with Crippen LogP contribution in [0.15, 0.2) is 188 Å². The normalized spacial score (nSPS) is 14.5. The van der Waals surface area contributed by atoms with Crippen molar-refractivity contribution >= 4 is 67.8 Å². The van der Waals surface area contributed by atoms with Crippen LogP contribution in [-0.2, 0) is 0 Å². The van der Waals surface area contributed by atoms with E-state index in [0.717, 1.165) is 0 Å². The standard InChI is InChI=1S/C52H39NSi/c1-3-17-36(18-4-1)44-35-45(37-19-5-2-6-20-37)51-42-23-9-7-21-40(42)41-22-8-10-24-43(41)52(51)50(44)38-29-31-39(32-30-38)53-46-25-11-13-27-48(46)54(33-15-16-34-54)49-28-14-12-26-47(49)53/h1-14,17-32,35H,15-16,33-34H2. The number of rotatable bonds is 4. The van der Waals surface area contributed by atoms with Crippen molar-refractivity contribution in [3.05, 3.63) is 188 Å². The van der Waals surface area contributed by atoms with Gasteiger partial charge in [0.2, 0.25) is 0 Å². The molecule has 0 bridgehead atoms. The summed E-state index contributed by atoms with van der Waals surface area (Å²) in [6, 6.07) is 73.2. The highest BCUT2D eigenvalue weighted by Crippen LogP contribution is 2.50. The Labute approximate surface area is 317 Å². The summed E-state index contributed by atoms with van der Waals surface area (Å²) < 4.78 is 0. The second-order valence-corrected chi connectivity index (χ2v) is 19.4. The van der Waals surface area contributed by atoms with Crippen LogP contribution >= 0.6 is 0 Å². The molecule has 2 aliphatic heterocycles. The van der Waals surface area contributed by atoms with Crippen molar-refractivity contribution in [3.8, 4) is 33.4 Å². The molecule has 0 aromatic heterocycles. The minimum absolute atomic E-state index is 1.21. The van der Waals surface area contributed by atoms with Crippen molar-refractivity contribution < 1.29 is 0 Å². The molecule has 0 atom stereocenters. The first-order valence-corrected chi connectivity index (χ1v) is 21.8. The molecule has 2 heteroatoms. The van der Waals surface area contributed by atoms with Gasteiger partial charge in [0.25, 0.3) is 0 Å². The third-order valence-corrected chi connectivity index (χ3v) is 17.7. The molecule has 0 N–H and O–H groups in total. The van der Waals surface area contributed by atoms with E-state index in [1.807, 2.05) is 0 Å². The van der Waals surface area contributed by atoms with Gasteiger partial charge in [0.05, 0.1) is 0 Å². The maximum Gasteiger partial charge on any atom is 0.123 e. The molecule has 9 aromatic rings. The molecule has 11 rings (SSSR count). The first kappa shape index (κ1) is 31.3. The predicted molar refractivity (Wildman–Crippen MR) is 234 cm³/mol. The molecule has 256 valence electrons. The Balaban J connectivity index is 1.20. The third-order valence-electron chi connectivity index (χ3n) is 12.4. The summed E-state index contributed by atoms with van der Waals surface area (Å²) >= 11 is 0. The minimum atomic E-state index is -1.80. The van der Waals surface area contributed by atoms with Gasteiger partial charge in [-0.1, -0.05) is 171 Å². The zero-order valence-electron chi connectivity index (χ0n) is 30.2. The number of nitrogens with zero attached hydrogens (tertiary/aromatic N) is 1. The van der Waals surface area contributed by atoms with Crippen molar-refractivity contribution in [2.75, 3.05) is 4.90 Å². The van der Waals surface area contributed by atoms with E-state index in [2.05, 4.69) is 193 Å². The summed E-state index contributed by atoms with van der Waals surface area (Å²) in [6.07, 6.45) is 2.68. The molecule has 2 aliphatic rings. The van der Waals surface area contributed by atoms with Crippen molar-refractivity contribution in [2.45, 2.75) is 24.9 Å². The van der Waals surface area contributed by atoms with Crippen LogP contribution in [0.4, 0.5) is 17.1 Å². The van der Waals surface area contributed by atoms with Gasteiger partial charge >= 0.3 is 0 Å². The fourth-order valence-corrected chi connectivity index (χ4v) is 15.6. The van der Waals surface area contributed by atoms with Crippen LogP contribution in [0.5, 0.6) is 0 Å². The van der Waals surface area contributed by atoms with Crippen LogP contribution < -0.4 is 15.3 Å². The first-order chi connectivity index (χ1) is 26.8. The molecule has 0 saturated carbocycles. The van der Waals surface area contributed by atoms with Crippen LogP contribution in [0.2, 0.25) is 12.1 Å². The fourth-order valence-electron chi connectivity index (χ4n) is 10.1. The maximum atomic E-state index is 2.54. The third kappa shape index (κ3) is 4.63. The lowest BCUT2D eigenvalue weighted by Gasteiger charge is -2.42. The Kier molecular flexibility index (Phi) is 7.21. The van der Waals surface area contributed by atoms with Gasteiger partial charge < -0.3 is 4.90 Å². The highest BCUT2D eigenvalue weighted by molar-refractivity contribution is 7.05. The molecule has 0 radical (unpaired) electrons. The lowest BCUT2D eigenvalue weighted by molar-refractivity contribution is 0.935. The summed E-state index contributed by atoms with van der Waals surface area (Å²) in [5.41, 5.74) is 11.4. The van der Waals surface area contributed by atoms with Gasteiger partial charge in [0, 0.05) is 17.1 Å². The average Bonchev–Trinajstić information content (AvgIpc) is 3.75. The van der Waals surface area contributed by atoms with Crippen LogP contribution in [0.3, 0.4) is 0 Å². The molecule has 9 aromatic carbocycles. The van der Waals surface area contributed by atoms with Crippen LogP contribution in [0, 0.1) is 0 Å². The topological polar surface area (TPSA) is 3.24 Å². The first-order valence-electron chi connectivity index (χ1n) is 19.4. The number of hydrogen-bond acceptors (Lipinski definition) is 1. The lowest BCUT2D eigenvalue weighted by Crippen LogP contribution is -2.60. The van der Waals surface area contributed by atoms with Crippen molar-refractivity contribution in [2.24, 2.45) is 0 Å². The van der Waals surface area contributed by atoms with Gasteiger partial charge in [-0.3, -0.25) is 0 Å². The SMILES string of the molecule is c1ccc(-c2cc(-c3ccccc3)c3c4ccccc4c4ccccc4c3c2-c2ccc(N3c4ccccc4[Si]4(CCCC4)c4ccccc43)cc2)cc1. The van der Waals surface area contributed by atoms with E-state index in [1.165, 1.54) is 108 Å². The Morgan fingerprint density at radius 2 is 0.833 bits per heavy atom. The fraction of sp³-hybridized carbons (Fsp3) is 0.0769. The molecule has 54 heavy (non-hydrogen) atoms. The van der Waals surface area contributed by atoms with E-state index in [-0.39, 0.29) is 0 Å². The van der Waals surface area contributed by atoms with E-state index in [1.54, 1.807) is 10.4 Å². The van der Waals surface area contributed by atoms with E-state index >= 15 is 0 Å². The molecule has 1 nitrogen and oxygen atoms in total. The van der Waals surface area contributed by atoms with E-state index in [9.17, 15) is 0 Å². The maximum absolute atomic E-state index is 2.54. The summed E-state index contributed by atoms with van der Waals surface area (Å²) in [5, 5.41) is 11.0. The van der Waals surface area contributed by atoms with Gasteiger partial charge in [-0.25, -0.2) is 0 Å². The second-order valence-electron chi connectivity index (χ2n) is 15.1. The highest BCUT2D eigenvalue weighted by atomic mass is 28.3. The van der Waals surface area contributed by atoms with Crippen molar-refractivity contribution in [1.29, 1.82) is 0 Å². The Hall–Kier alpha value is -6.22. The highest BCUT2D eigenvalue weighted by Gasteiger charge is 2.47. The molecule has 0 amide bonds. The summed E-state index contributed by atoms with van der Waals surface area (Å²) in [6.45, 7) is 0. The van der Waals surface area contributed by atoms with E-state index in [0.29, 0.717) is 0 Å². The van der Waals surface area contributed by atoms with Crippen molar-refractivity contribution in [1.82, 2.24) is 0 Å². The molecular weight excluding hydrogens is 667 g/mol. The van der Waals surface area contributed by atoms with Gasteiger partial charge in [0.1, 0.15) is 8.07 Å². The number of hydrogen-bond donors (Lipinski definition) is 0. The van der Waals surface area contributed by atoms with Crippen LogP contribution in [0.1, 0.15) is 12.8 Å². The average molecular weight is 706 g/mol. The Morgan fingerprint density at radius 3 is 1.41 bits per heavy atom. The second kappa shape index (κ2) is 12.4. The molecular formula is C52H39NSi. The Morgan fingerprint density at radius 1 is 0.370 bits per heavy atom. The summed E-state index contributed by atoms with van der Waals surface area (Å²) in [4.78, 5) is 2.54. The molecule has 2 heterocycles. The number of fused-ring (bicyclic) bond motifs is 10. The molecule has 0 unspecified atom stereocenters. The number of para-hydroxylation sites is 2. The van der Waals surface area contributed by atoms with Crippen LogP contribution in [0.25, 0.3) is 65.7 Å². The summed E-state index contributed by atoms with van der Waals surface area (Å²) in [5.74, 6) is 0. The zero-order chi connectivity index (χ0) is 35.6. The van der Waals surface area contributed by atoms with Crippen molar-refractivity contribution in [3.63, 3.8) is 0 Å². The number of benzene rings is 9. The van der Waals surface area contributed by atoms with Gasteiger partial charge in [-0.2, -0.15) is 0 Å². The molecule has 0 aliphatic carbocycles. The molecule has 1 fully saturated rings. The largest absolute Gasteiger partial charge is 0.311 e. The lowest BCUT2D eigenvalue weighted by atomic mass is 9.81. The van der Waals surface area contributed by atoms with Gasteiger partial charge in [-0.05, 0) is 118 Å². The predicted octanol–water partition coefficient (Wildman–Crippen LogP) is 13.3. The zero-order valence-corrected chi connectivity index (χ0v) is 31.2.